The molecule has 0 radical (unpaired) electrons. The summed E-state index contributed by atoms with van der Waals surface area (Å²) in [5, 5.41) is 46.8. The Hall–Kier alpha value is -5.31. The number of phenolic OH excluding ortho intramolecular Hbond substituents is 1. The molecule has 6 unspecified atom stereocenters. The van der Waals surface area contributed by atoms with Crippen LogP contribution in [-0.4, -0.2) is 74.2 Å². The fraction of sp³-hybridized carbons (Fsp3) is 0.467. The van der Waals surface area contributed by atoms with Crippen molar-refractivity contribution >= 4 is 17.5 Å². The number of carbonyl (C=O) groups is 1. The highest BCUT2D eigenvalue weighted by Gasteiger charge is 2.65. The lowest BCUT2D eigenvalue weighted by Gasteiger charge is -2.59. The average Bonchev–Trinajstić information content (AvgIpc) is 3.20. The maximum atomic E-state index is 14.8. The van der Waals surface area contributed by atoms with Gasteiger partial charge in [-0.15, -0.1) is 6.58 Å². The van der Waals surface area contributed by atoms with Crippen LogP contribution in [0.3, 0.4) is 0 Å². The topological polar surface area (TPSA) is 173 Å². The van der Waals surface area contributed by atoms with Gasteiger partial charge >= 0.3 is 6.09 Å². The summed E-state index contributed by atoms with van der Waals surface area (Å²) in [6.45, 7) is 9.61. The molecule has 3 aromatic carbocycles. The molecule has 1 amide bonds. The highest BCUT2D eigenvalue weighted by molar-refractivity contribution is 6.03. The number of hydrogen-bond acceptors (Lipinski definition) is 11. The number of aromatic hydroxyl groups is 1. The Labute approximate surface area is 343 Å². The van der Waals surface area contributed by atoms with E-state index in [1.165, 1.54) is 41.3 Å². The molecule has 6 rings (SSSR count). The van der Waals surface area contributed by atoms with Gasteiger partial charge in [0.25, 0.3) is 5.69 Å². The second-order valence-corrected chi connectivity index (χ2v) is 16.4. The minimum atomic E-state index is -1.63. The van der Waals surface area contributed by atoms with Crippen LogP contribution in [0.4, 0.5) is 14.9 Å². The third-order valence-electron chi connectivity index (χ3n) is 11.2. The summed E-state index contributed by atoms with van der Waals surface area (Å²) in [7, 11) is 0. The van der Waals surface area contributed by atoms with E-state index in [2.05, 4.69) is 12.7 Å². The summed E-state index contributed by atoms with van der Waals surface area (Å²) in [6.07, 6.45) is 7.19. The molecule has 59 heavy (non-hydrogen) atoms. The third-order valence-corrected chi connectivity index (χ3v) is 11.2. The first kappa shape index (κ1) is 43.3. The highest BCUT2D eigenvalue weighted by atomic mass is 19.1. The molecule has 316 valence electrons. The van der Waals surface area contributed by atoms with Crippen LogP contribution in [0.5, 0.6) is 17.2 Å². The molecule has 1 fully saturated rings. The van der Waals surface area contributed by atoms with Gasteiger partial charge in [0.1, 0.15) is 34.7 Å². The Morgan fingerprint density at radius 3 is 2.39 bits per heavy atom. The first-order chi connectivity index (χ1) is 28.3. The van der Waals surface area contributed by atoms with Crippen molar-refractivity contribution in [1.29, 1.82) is 0 Å². The van der Waals surface area contributed by atoms with Gasteiger partial charge in [-0.3, -0.25) is 15.0 Å². The van der Waals surface area contributed by atoms with E-state index in [9.17, 15) is 34.6 Å². The quantitative estimate of drug-likeness (QED) is 0.0519. The van der Waals surface area contributed by atoms with Gasteiger partial charge in [0, 0.05) is 49.8 Å². The van der Waals surface area contributed by atoms with Crippen LogP contribution in [0, 0.1) is 33.7 Å². The van der Waals surface area contributed by atoms with Crippen LogP contribution in [0.2, 0.25) is 0 Å². The van der Waals surface area contributed by atoms with Gasteiger partial charge in [0.2, 0.25) is 5.79 Å². The SMILES string of the molecule is C=CCOC12Oc3ccc(O)cc3C3C(CCCCO)C(CCCCO)C=C(C(=NOC(C)(C)C)CC1N(Cc1ccc(F)cc1)C(=O)Oc1ccc([N+](=O)[O-])cc1)C32. The lowest BCUT2D eigenvalue weighted by Crippen LogP contribution is -2.70. The highest BCUT2D eigenvalue weighted by Crippen LogP contribution is 2.62. The number of non-ortho nitro benzene ring substituents is 1. The zero-order chi connectivity index (χ0) is 42.3. The van der Waals surface area contributed by atoms with Crippen molar-refractivity contribution in [3.8, 4) is 17.2 Å². The van der Waals surface area contributed by atoms with Crippen LogP contribution in [0.15, 0.2) is 96.2 Å². The number of amides is 1. The van der Waals surface area contributed by atoms with Gasteiger partial charge < -0.3 is 34.4 Å². The van der Waals surface area contributed by atoms with Gasteiger partial charge in [-0.1, -0.05) is 42.3 Å². The van der Waals surface area contributed by atoms with E-state index in [1.807, 2.05) is 20.8 Å². The van der Waals surface area contributed by atoms with E-state index in [1.54, 1.807) is 36.4 Å². The number of nitro groups is 1. The summed E-state index contributed by atoms with van der Waals surface area (Å²) < 4.78 is 34.3. The molecule has 3 N–H and O–H groups in total. The predicted octanol–water partition coefficient (Wildman–Crippen LogP) is 8.57. The van der Waals surface area contributed by atoms with Gasteiger partial charge in [-0.2, -0.15) is 0 Å². The number of hydrogen-bond donors (Lipinski definition) is 3. The molecule has 0 saturated heterocycles. The molecule has 3 aromatic rings. The summed E-state index contributed by atoms with van der Waals surface area (Å²) >= 11 is 0. The lowest BCUT2D eigenvalue weighted by molar-refractivity contribution is -0.384. The van der Waals surface area contributed by atoms with Gasteiger partial charge in [0.05, 0.1) is 23.2 Å². The predicted molar refractivity (Wildman–Crippen MR) is 219 cm³/mol. The molecule has 0 spiro atoms. The van der Waals surface area contributed by atoms with Gasteiger partial charge in [0.15, 0.2) is 0 Å². The number of halogens is 1. The fourth-order valence-corrected chi connectivity index (χ4v) is 8.73. The number of phenols is 1. The van der Waals surface area contributed by atoms with Crippen LogP contribution in [-0.2, 0) is 16.1 Å². The molecule has 1 heterocycles. The monoisotopic (exact) mass is 815 g/mol. The number of fused-ring (bicyclic) bond motifs is 2. The van der Waals surface area contributed by atoms with Crippen molar-refractivity contribution in [2.45, 2.75) is 95.6 Å². The summed E-state index contributed by atoms with van der Waals surface area (Å²) in [5.74, 6) is -2.61. The number of ether oxygens (including phenoxy) is 3. The Morgan fingerprint density at radius 2 is 1.75 bits per heavy atom. The maximum absolute atomic E-state index is 14.8. The van der Waals surface area contributed by atoms with Crippen LogP contribution in [0.1, 0.15) is 82.8 Å². The van der Waals surface area contributed by atoms with Crippen LogP contribution >= 0.6 is 0 Å². The van der Waals surface area contributed by atoms with Crippen molar-refractivity contribution in [3.05, 3.63) is 118 Å². The number of rotatable bonds is 17. The van der Waals surface area contributed by atoms with E-state index in [4.69, 9.17) is 24.2 Å². The minimum Gasteiger partial charge on any atom is -0.508 e. The second-order valence-electron chi connectivity index (χ2n) is 16.4. The largest absolute Gasteiger partial charge is 0.508 e. The van der Waals surface area contributed by atoms with Crippen LogP contribution < -0.4 is 9.47 Å². The van der Waals surface area contributed by atoms with E-state index >= 15 is 0 Å². The first-order valence-corrected chi connectivity index (χ1v) is 20.2. The molecule has 2 aliphatic carbocycles. The number of nitro benzene ring substituents is 1. The Kier molecular flexibility index (Phi) is 13.7. The van der Waals surface area contributed by atoms with Gasteiger partial charge in [-0.25, -0.2) is 9.18 Å². The molecular formula is C45H54FN3O10. The minimum absolute atomic E-state index is 0.0132. The van der Waals surface area contributed by atoms with Crippen molar-refractivity contribution in [2.75, 3.05) is 19.8 Å². The molecule has 0 bridgehead atoms. The third kappa shape index (κ3) is 9.77. The number of aliphatic hydroxyl groups is 2. The lowest BCUT2D eigenvalue weighted by atomic mass is 9.55. The van der Waals surface area contributed by atoms with Crippen molar-refractivity contribution in [2.24, 2.45) is 22.9 Å². The number of carbonyl (C=O) groups excluding carboxylic acids is 1. The number of benzene rings is 3. The standard InChI is InChI=1S/C45H54FN3O10/c1-5-24-56-45-40(48(28-29-12-14-31(46)15-13-29)43(53)57-34-19-16-32(17-20-34)49(54)55)27-38(47-59-44(2,3)4)36-25-30(10-6-8-22-50)35(11-7-9-23-51)41(42(36)45)37-26-33(52)18-21-39(37)58-45/h5,12-21,25-26,30,35,40-42,50-52H,1,6-11,22-24,27-28H2,2-4H3. The average molecular weight is 816 g/mol. The zero-order valence-electron chi connectivity index (χ0n) is 33.8. The molecule has 14 heteroatoms. The Morgan fingerprint density at radius 1 is 1.05 bits per heavy atom. The fourth-order valence-electron chi connectivity index (χ4n) is 8.73. The number of nitrogens with zero attached hydrogens (tertiary/aromatic N) is 3. The molecule has 0 aromatic heterocycles. The summed E-state index contributed by atoms with van der Waals surface area (Å²) in [6, 6.07) is 14.9. The summed E-state index contributed by atoms with van der Waals surface area (Å²) in [5.41, 5.74) is 1.83. The zero-order valence-corrected chi connectivity index (χ0v) is 33.8. The number of oxime groups is 1. The van der Waals surface area contributed by atoms with E-state index < -0.39 is 40.2 Å². The van der Waals surface area contributed by atoms with Gasteiger partial charge in [-0.05, 0) is 112 Å². The molecule has 3 aliphatic rings. The Bertz CT molecular complexity index is 2020. The van der Waals surface area contributed by atoms with E-state index in [-0.39, 0.29) is 67.7 Å². The van der Waals surface area contributed by atoms with Crippen molar-refractivity contribution in [1.82, 2.24) is 4.90 Å². The van der Waals surface area contributed by atoms with Crippen molar-refractivity contribution in [3.63, 3.8) is 0 Å². The van der Waals surface area contributed by atoms with Crippen LogP contribution in [0.25, 0.3) is 0 Å². The van der Waals surface area contributed by atoms with E-state index in [0.29, 0.717) is 36.3 Å². The Balaban J connectivity index is 1.60. The molecule has 6 atom stereocenters. The summed E-state index contributed by atoms with van der Waals surface area (Å²) in [4.78, 5) is 33.3. The first-order valence-electron chi connectivity index (χ1n) is 20.2. The molecule has 1 saturated carbocycles. The van der Waals surface area contributed by atoms with E-state index in [0.717, 1.165) is 30.4 Å². The molecule has 13 nitrogen and oxygen atoms in total. The smallest absolute Gasteiger partial charge is 0.416 e. The number of aliphatic hydroxyl groups excluding tert-OH is 2. The van der Waals surface area contributed by atoms with Crippen molar-refractivity contribution < 1.29 is 48.5 Å². The maximum Gasteiger partial charge on any atom is 0.416 e. The number of allylic oxidation sites excluding steroid dienone is 1. The second kappa shape index (κ2) is 18.7. The molecular weight excluding hydrogens is 762 g/mol. The number of unbranched alkanes of at least 4 members (excludes halogenated alkanes) is 2. The normalized spacial score (nSPS) is 23.9. The molecule has 1 aliphatic heterocycles.